The molecule has 1 atom stereocenters. The van der Waals surface area contributed by atoms with Crippen LogP contribution in [0.2, 0.25) is 0 Å². The molecule has 10 nitrogen and oxygen atoms in total. The Morgan fingerprint density at radius 2 is 1.84 bits per heavy atom. The minimum atomic E-state index is -3.63. The molecule has 12 heteroatoms. The summed E-state index contributed by atoms with van der Waals surface area (Å²) >= 11 is 1.23. The molecule has 3 aromatic rings. The van der Waals surface area contributed by atoms with Crippen LogP contribution >= 0.6 is 11.3 Å². The normalized spacial score (nSPS) is 18.6. The number of nitrogens with zero attached hydrogens (tertiary/aromatic N) is 3. The van der Waals surface area contributed by atoms with Crippen molar-refractivity contribution in [3.8, 4) is 11.5 Å². The molecule has 196 valence electrons. The number of thiazole rings is 1. The number of methoxy groups -OCH3 is 1. The molecule has 0 radical (unpaired) electrons. The second-order valence-corrected chi connectivity index (χ2v) is 12.0. The summed E-state index contributed by atoms with van der Waals surface area (Å²) in [7, 11) is -2.34. The molecule has 2 aliphatic rings. The van der Waals surface area contributed by atoms with Crippen molar-refractivity contribution in [1.29, 1.82) is 0 Å². The van der Waals surface area contributed by atoms with Gasteiger partial charge in [-0.1, -0.05) is 18.3 Å². The smallest absolute Gasteiger partial charge is 0.325 e. The van der Waals surface area contributed by atoms with Gasteiger partial charge in [0.25, 0.3) is 5.91 Å². The van der Waals surface area contributed by atoms with Gasteiger partial charge in [-0.25, -0.2) is 8.42 Å². The van der Waals surface area contributed by atoms with Crippen molar-refractivity contribution < 1.29 is 32.2 Å². The van der Waals surface area contributed by atoms with Crippen molar-refractivity contribution >= 4 is 43.5 Å². The summed E-state index contributed by atoms with van der Waals surface area (Å²) in [6.45, 7) is 3.73. The number of ether oxygens (including phenoxy) is 3. The lowest BCUT2D eigenvalue weighted by atomic mass is 10.0. The van der Waals surface area contributed by atoms with Gasteiger partial charge in [0, 0.05) is 30.8 Å². The Kier molecular flexibility index (Phi) is 7.06. The number of rotatable bonds is 5. The first-order valence-corrected chi connectivity index (χ1v) is 14.2. The van der Waals surface area contributed by atoms with E-state index in [2.05, 4.69) is 4.99 Å². The predicted molar refractivity (Wildman–Crippen MR) is 136 cm³/mol. The first-order valence-electron chi connectivity index (χ1n) is 12.0. The molecule has 1 saturated heterocycles. The van der Waals surface area contributed by atoms with Crippen molar-refractivity contribution in [2.45, 2.75) is 31.2 Å². The lowest BCUT2D eigenvalue weighted by Crippen LogP contribution is -2.39. The molecule has 0 aliphatic carbocycles. The number of sulfonamides is 1. The second kappa shape index (κ2) is 10.3. The summed E-state index contributed by atoms with van der Waals surface area (Å²) in [5, 5.41) is 0. The molecule has 37 heavy (non-hydrogen) atoms. The topological polar surface area (TPSA) is 117 Å². The van der Waals surface area contributed by atoms with E-state index in [0.717, 1.165) is 17.5 Å². The summed E-state index contributed by atoms with van der Waals surface area (Å²) < 4.78 is 46.1. The van der Waals surface area contributed by atoms with Gasteiger partial charge in [-0.05, 0) is 43.0 Å². The maximum Gasteiger partial charge on any atom is 0.325 e. The average Bonchev–Trinajstić information content (AvgIpc) is 3.22. The Morgan fingerprint density at radius 3 is 2.51 bits per heavy atom. The van der Waals surface area contributed by atoms with Crippen LogP contribution in [0.5, 0.6) is 11.5 Å². The Labute approximate surface area is 218 Å². The van der Waals surface area contributed by atoms with E-state index in [0.29, 0.717) is 54.0 Å². The minimum Gasteiger partial charge on any atom is -0.486 e. The fourth-order valence-electron chi connectivity index (χ4n) is 4.47. The first kappa shape index (κ1) is 25.4. The van der Waals surface area contributed by atoms with Crippen LogP contribution in [-0.2, 0) is 26.1 Å². The van der Waals surface area contributed by atoms with Gasteiger partial charge in [-0.3, -0.25) is 9.59 Å². The lowest BCUT2D eigenvalue weighted by molar-refractivity contribution is -0.141. The van der Waals surface area contributed by atoms with Gasteiger partial charge in [0.1, 0.15) is 19.8 Å². The molecule has 1 amide bonds. The highest BCUT2D eigenvalue weighted by molar-refractivity contribution is 7.89. The van der Waals surface area contributed by atoms with E-state index >= 15 is 0 Å². The lowest BCUT2D eigenvalue weighted by Gasteiger charge is -2.30. The SMILES string of the molecule is COC(=O)Cn1c(=NC(=O)c2ccc(S(=O)(=O)N3CCCC(C)C3)cc2)sc2cc3c(cc21)OCCO3. The van der Waals surface area contributed by atoms with Crippen molar-refractivity contribution in [1.82, 2.24) is 8.87 Å². The Hall–Kier alpha value is -3.22. The van der Waals surface area contributed by atoms with Gasteiger partial charge in [-0.15, -0.1) is 0 Å². The zero-order valence-corrected chi connectivity index (χ0v) is 22.1. The molecule has 0 spiro atoms. The van der Waals surface area contributed by atoms with Crippen LogP contribution < -0.4 is 14.3 Å². The Balaban J connectivity index is 1.48. The maximum absolute atomic E-state index is 13.1. The molecule has 1 aromatic heterocycles. The molecule has 1 fully saturated rings. The zero-order valence-electron chi connectivity index (χ0n) is 20.5. The van der Waals surface area contributed by atoms with E-state index in [1.54, 1.807) is 16.7 Å². The largest absolute Gasteiger partial charge is 0.486 e. The number of aromatic nitrogens is 1. The standard InChI is InChI=1S/C25H27N3O7S2/c1-16-4-3-9-27(14-16)37(31,32)18-7-5-17(6-8-18)24(30)26-25-28(15-23(29)33-2)19-12-20-21(13-22(19)36-25)35-11-10-34-20/h5-8,12-13,16H,3-4,9-11,14-15H2,1-2H3. The highest BCUT2D eigenvalue weighted by Gasteiger charge is 2.28. The third-order valence-corrected chi connectivity index (χ3v) is 9.34. The summed E-state index contributed by atoms with van der Waals surface area (Å²) in [6.07, 6.45) is 1.84. The number of esters is 1. The van der Waals surface area contributed by atoms with Gasteiger partial charge in [0.05, 0.1) is 22.2 Å². The van der Waals surface area contributed by atoms with Crippen LogP contribution in [0.25, 0.3) is 10.2 Å². The fourth-order valence-corrected chi connectivity index (χ4v) is 7.11. The number of piperidine rings is 1. The molecular weight excluding hydrogens is 518 g/mol. The van der Waals surface area contributed by atoms with Crippen LogP contribution in [0.3, 0.4) is 0 Å². The number of fused-ring (bicyclic) bond motifs is 2. The van der Waals surface area contributed by atoms with Gasteiger partial charge < -0.3 is 18.8 Å². The minimum absolute atomic E-state index is 0.145. The summed E-state index contributed by atoms with van der Waals surface area (Å²) in [6, 6.07) is 9.36. The van der Waals surface area contributed by atoms with Crippen LogP contribution in [-0.4, -0.2) is 62.6 Å². The molecule has 2 aromatic carbocycles. The molecule has 3 heterocycles. The van der Waals surface area contributed by atoms with E-state index < -0.39 is 21.9 Å². The van der Waals surface area contributed by atoms with Crippen molar-refractivity contribution in [2.75, 3.05) is 33.4 Å². The quantitative estimate of drug-likeness (QED) is 0.453. The third kappa shape index (κ3) is 5.13. The van der Waals surface area contributed by atoms with Crippen LogP contribution in [0.15, 0.2) is 46.3 Å². The number of hydrogen-bond acceptors (Lipinski definition) is 8. The van der Waals surface area contributed by atoms with Gasteiger partial charge in [0.2, 0.25) is 10.0 Å². The van der Waals surface area contributed by atoms with Crippen LogP contribution in [0, 0.1) is 5.92 Å². The summed E-state index contributed by atoms with van der Waals surface area (Å²) in [5.41, 5.74) is 0.891. The van der Waals surface area contributed by atoms with E-state index in [9.17, 15) is 18.0 Å². The summed E-state index contributed by atoms with van der Waals surface area (Å²) in [4.78, 5) is 29.9. The fraction of sp³-hybridized carbons (Fsp3) is 0.400. The predicted octanol–water partition coefficient (Wildman–Crippen LogP) is 2.81. The summed E-state index contributed by atoms with van der Waals surface area (Å²) in [5.74, 6) is 0.392. The van der Waals surface area contributed by atoms with E-state index in [4.69, 9.17) is 14.2 Å². The highest BCUT2D eigenvalue weighted by atomic mass is 32.2. The zero-order chi connectivity index (χ0) is 26.2. The highest BCUT2D eigenvalue weighted by Crippen LogP contribution is 2.35. The van der Waals surface area contributed by atoms with Crippen LogP contribution in [0.4, 0.5) is 0 Å². The Bertz CT molecular complexity index is 1520. The van der Waals surface area contributed by atoms with E-state index in [1.165, 1.54) is 47.0 Å². The maximum atomic E-state index is 13.1. The number of carbonyl (C=O) groups excluding carboxylic acids is 2. The molecule has 0 N–H and O–H groups in total. The molecule has 1 unspecified atom stereocenters. The molecule has 5 rings (SSSR count). The van der Waals surface area contributed by atoms with Gasteiger partial charge >= 0.3 is 5.97 Å². The monoisotopic (exact) mass is 545 g/mol. The van der Waals surface area contributed by atoms with E-state index in [1.807, 2.05) is 6.92 Å². The van der Waals surface area contributed by atoms with Crippen LogP contribution in [0.1, 0.15) is 30.1 Å². The third-order valence-electron chi connectivity index (χ3n) is 6.42. The molecule has 2 aliphatic heterocycles. The molecule has 0 bridgehead atoms. The molecular formula is C25H27N3O7S2. The molecule has 0 saturated carbocycles. The average molecular weight is 546 g/mol. The van der Waals surface area contributed by atoms with Gasteiger partial charge in [-0.2, -0.15) is 9.30 Å². The Morgan fingerprint density at radius 1 is 1.14 bits per heavy atom. The van der Waals surface area contributed by atoms with Crippen molar-refractivity contribution in [2.24, 2.45) is 10.9 Å². The first-order chi connectivity index (χ1) is 17.8. The van der Waals surface area contributed by atoms with Gasteiger partial charge in [0.15, 0.2) is 16.3 Å². The number of hydrogen-bond donors (Lipinski definition) is 0. The van der Waals surface area contributed by atoms with Crippen molar-refractivity contribution in [3.63, 3.8) is 0 Å². The van der Waals surface area contributed by atoms with E-state index in [-0.39, 0.29) is 17.0 Å². The number of benzene rings is 2. The second-order valence-electron chi connectivity index (χ2n) is 9.06. The number of amides is 1. The number of carbonyl (C=O) groups is 2. The van der Waals surface area contributed by atoms with Crippen molar-refractivity contribution in [3.05, 3.63) is 46.8 Å².